The lowest BCUT2D eigenvalue weighted by Crippen LogP contribution is -2.21. The van der Waals surface area contributed by atoms with Crippen LogP contribution in [0.1, 0.15) is 13.8 Å². The Labute approximate surface area is 177 Å². The highest BCUT2D eigenvalue weighted by molar-refractivity contribution is 7.90. The molecule has 0 saturated heterocycles. The number of nitrogens with zero attached hydrogens (tertiary/aromatic N) is 1. The van der Waals surface area contributed by atoms with E-state index in [2.05, 4.69) is 11.4 Å². The van der Waals surface area contributed by atoms with Crippen LogP contribution in [0.4, 0.5) is 11.4 Å². The molecule has 0 saturated carbocycles. The van der Waals surface area contributed by atoms with E-state index < -0.39 is 15.3 Å². The number of benzene rings is 3. The predicted octanol–water partition coefficient (Wildman–Crippen LogP) is 4.46. The van der Waals surface area contributed by atoms with Gasteiger partial charge in [0.25, 0.3) is 0 Å². The predicted molar refractivity (Wildman–Crippen MR) is 121 cm³/mol. The molecule has 0 bridgehead atoms. The van der Waals surface area contributed by atoms with Crippen LogP contribution in [-0.2, 0) is 9.84 Å². The first kappa shape index (κ1) is 21.5. The van der Waals surface area contributed by atoms with E-state index >= 15 is 0 Å². The monoisotopic (exact) mass is 423 g/mol. The van der Waals surface area contributed by atoms with Gasteiger partial charge in [0.05, 0.1) is 34.9 Å². The summed E-state index contributed by atoms with van der Waals surface area (Å²) in [6.07, 6.45) is 1.15. The lowest BCUT2D eigenvalue weighted by molar-refractivity contribution is 0.416. The molecule has 6 nitrogen and oxygen atoms in total. The van der Waals surface area contributed by atoms with Crippen molar-refractivity contribution in [2.75, 3.05) is 31.0 Å². The number of nitrogens with one attached hydrogen (secondary N) is 1. The zero-order valence-electron chi connectivity index (χ0n) is 17.5. The second-order valence-corrected chi connectivity index (χ2v) is 9.94. The summed E-state index contributed by atoms with van der Waals surface area (Å²) in [5.41, 5.74) is 7.93. The Bertz CT molecular complexity index is 1260. The van der Waals surface area contributed by atoms with Crippen LogP contribution in [0.5, 0.6) is 5.75 Å². The Morgan fingerprint density at radius 3 is 2.37 bits per heavy atom. The molecule has 3 aromatic rings. The number of fused-ring (bicyclic) bond motifs is 1. The second-order valence-electron chi connectivity index (χ2n) is 7.95. The Morgan fingerprint density at radius 1 is 1.10 bits per heavy atom. The molecule has 0 unspecified atom stereocenters. The fraction of sp³-hybridized carbons (Fsp3) is 0.261. The summed E-state index contributed by atoms with van der Waals surface area (Å²) < 4.78 is 29.7. The molecule has 3 aromatic carbocycles. The lowest BCUT2D eigenvalue weighted by Gasteiger charge is -2.20. The number of rotatable bonds is 6. The number of sulfone groups is 1. The van der Waals surface area contributed by atoms with Gasteiger partial charge in [0.15, 0.2) is 9.84 Å². The van der Waals surface area contributed by atoms with E-state index in [4.69, 9.17) is 10.5 Å². The number of nitrogen functional groups attached to an aromatic ring is 1. The number of hydrogen-bond donors (Lipinski definition) is 2. The average Bonchev–Trinajstić information content (AvgIpc) is 2.71. The molecule has 3 rings (SSSR count). The average molecular weight is 424 g/mol. The summed E-state index contributed by atoms with van der Waals surface area (Å²) in [5.74, 6) is 0.669. The van der Waals surface area contributed by atoms with E-state index in [0.29, 0.717) is 12.3 Å². The highest BCUT2D eigenvalue weighted by Gasteiger charge is 2.19. The first-order valence-electron chi connectivity index (χ1n) is 9.41. The van der Waals surface area contributed by atoms with Crippen LogP contribution in [-0.4, -0.2) is 28.3 Å². The summed E-state index contributed by atoms with van der Waals surface area (Å²) in [7, 11) is -1.84. The third-order valence-corrected chi connectivity index (χ3v) is 6.11. The van der Waals surface area contributed by atoms with E-state index in [1.807, 2.05) is 44.2 Å². The summed E-state index contributed by atoms with van der Waals surface area (Å²) in [4.78, 5) is 0.111. The van der Waals surface area contributed by atoms with Crippen LogP contribution < -0.4 is 15.8 Å². The third kappa shape index (κ3) is 4.34. The van der Waals surface area contributed by atoms with Crippen LogP contribution in [0.2, 0.25) is 0 Å². The standard InChI is InChI=1S/C23H25N3O3S/c1-23(2,13-24)14-26-22-18-11-16(6-5-15(18)8-10-20(22)29-3)17-7-9-19(25)21(12-17)30(4,27)28/h5-12,26H,14,25H2,1-4H3. The molecule has 0 atom stereocenters. The van der Waals surface area contributed by atoms with E-state index in [1.54, 1.807) is 25.3 Å². The molecule has 0 aliphatic heterocycles. The summed E-state index contributed by atoms with van der Waals surface area (Å²) in [6, 6.07) is 17.0. The van der Waals surface area contributed by atoms with Gasteiger partial charge in [-0.2, -0.15) is 5.26 Å². The number of ether oxygens (including phenoxy) is 1. The molecular formula is C23H25N3O3S. The maximum atomic E-state index is 12.1. The van der Waals surface area contributed by atoms with Crippen molar-refractivity contribution in [3.05, 3.63) is 48.5 Å². The minimum absolute atomic E-state index is 0.111. The molecule has 0 aromatic heterocycles. The van der Waals surface area contributed by atoms with Gasteiger partial charge >= 0.3 is 0 Å². The van der Waals surface area contributed by atoms with E-state index in [1.165, 1.54) is 0 Å². The van der Waals surface area contributed by atoms with Crippen LogP contribution in [0.15, 0.2) is 53.4 Å². The quantitative estimate of drug-likeness (QED) is 0.567. The van der Waals surface area contributed by atoms with Crippen LogP contribution >= 0.6 is 0 Å². The van der Waals surface area contributed by atoms with Gasteiger partial charge in [0.1, 0.15) is 5.75 Å². The maximum absolute atomic E-state index is 12.1. The van der Waals surface area contributed by atoms with Crippen LogP contribution in [0.3, 0.4) is 0 Å². The Morgan fingerprint density at radius 2 is 1.73 bits per heavy atom. The fourth-order valence-electron chi connectivity index (χ4n) is 3.22. The normalized spacial score (nSPS) is 11.8. The van der Waals surface area contributed by atoms with Crippen molar-refractivity contribution in [3.63, 3.8) is 0 Å². The number of hydrogen-bond acceptors (Lipinski definition) is 6. The van der Waals surface area contributed by atoms with Gasteiger partial charge in [-0.05, 0) is 54.6 Å². The first-order chi connectivity index (χ1) is 14.1. The minimum atomic E-state index is -3.44. The van der Waals surface area contributed by atoms with Crippen molar-refractivity contribution in [2.45, 2.75) is 18.7 Å². The summed E-state index contributed by atoms with van der Waals surface area (Å²) in [6.45, 7) is 4.18. The van der Waals surface area contributed by atoms with E-state index in [-0.39, 0.29) is 10.6 Å². The van der Waals surface area contributed by atoms with E-state index in [0.717, 1.165) is 33.8 Å². The van der Waals surface area contributed by atoms with Crippen molar-refractivity contribution in [1.29, 1.82) is 5.26 Å². The molecular weight excluding hydrogens is 398 g/mol. The molecule has 0 amide bonds. The second kappa shape index (κ2) is 7.88. The van der Waals surface area contributed by atoms with Gasteiger partial charge in [0, 0.05) is 18.2 Å². The van der Waals surface area contributed by atoms with Crippen molar-refractivity contribution in [3.8, 4) is 22.9 Å². The van der Waals surface area contributed by atoms with Crippen molar-refractivity contribution >= 4 is 32.0 Å². The number of nitrogens with two attached hydrogens (primary N) is 1. The zero-order chi connectivity index (χ0) is 22.1. The molecule has 7 heteroatoms. The minimum Gasteiger partial charge on any atom is -0.495 e. The SMILES string of the molecule is COc1ccc2ccc(-c3ccc(N)c(S(C)(=O)=O)c3)cc2c1NCC(C)(C)C#N. The Kier molecular flexibility index (Phi) is 5.64. The third-order valence-electron chi connectivity index (χ3n) is 4.96. The molecule has 0 aliphatic carbocycles. The molecule has 3 N–H and O–H groups in total. The molecule has 0 aliphatic rings. The van der Waals surface area contributed by atoms with Gasteiger partial charge in [-0.15, -0.1) is 0 Å². The van der Waals surface area contributed by atoms with Crippen LogP contribution in [0, 0.1) is 16.7 Å². The first-order valence-corrected chi connectivity index (χ1v) is 11.3. The van der Waals surface area contributed by atoms with Gasteiger partial charge in [0.2, 0.25) is 0 Å². The maximum Gasteiger partial charge on any atom is 0.177 e. The van der Waals surface area contributed by atoms with Crippen LogP contribution in [0.25, 0.3) is 21.9 Å². The molecule has 0 radical (unpaired) electrons. The highest BCUT2D eigenvalue weighted by atomic mass is 32.2. The van der Waals surface area contributed by atoms with Crippen molar-refractivity contribution < 1.29 is 13.2 Å². The molecule has 0 heterocycles. The smallest absolute Gasteiger partial charge is 0.177 e. The van der Waals surface area contributed by atoms with Crippen molar-refractivity contribution in [1.82, 2.24) is 0 Å². The zero-order valence-corrected chi connectivity index (χ0v) is 18.3. The number of nitriles is 1. The Balaban J connectivity index is 2.16. The highest BCUT2D eigenvalue weighted by Crippen LogP contribution is 2.37. The molecule has 156 valence electrons. The lowest BCUT2D eigenvalue weighted by atomic mass is 9.95. The fourth-order valence-corrected chi connectivity index (χ4v) is 4.05. The molecule has 30 heavy (non-hydrogen) atoms. The number of anilines is 2. The van der Waals surface area contributed by atoms with Gasteiger partial charge in [-0.1, -0.05) is 24.3 Å². The summed E-state index contributed by atoms with van der Waals surface area (Å²) in [5, 5.41) is 14.6. The Hall–Kier alpha value is -3.24. The molecule has 0 fully saturated rings. The topological polar surface area (TPSA) is 105 Å². The van der Waals surface area contributed by atoms with Gasteiger partial charge in [-0.25, -0.2) is 8.42 Å². The van der Waals surface area contributed by atoms with Gasteiger partial charge in [-0.3, -0.25) is 0 Å². The molecule has 0 spiro atoms. The number of methoxy groups -OCH3 is 1. The van der Waals surface area contributed by atoms with Crippen molar-refractivity contribution in [2.24, 2.45) is 5.41 Å². The largest absolute Gasteiger partial charge is 0.495 e. The van der Waals surface area contributed by atoms with E-state index in [9.17, 15) is 13.7 Å². The van der Waals surface area contributed by atoms with Gasteiger partial charge < -0.3 is 15.8 Å². The summed E-state index contributed by atoms with van der Waals surface area (Å²) >= 11 is 0.